The van der Waals surface area contributed by atoms with Gasteiger partial charge >= 0.3 is 0 Å². The average Bonchev–Trinajstić information content (AvgIpc) is 2.61. The smallest absolute Gasteiger partial charge is 0.234 e. The number of nitrogens with one attached hydrogen (secondary N) is 2. The number of amides is 1. The topological polar surface area (TPSA) is 73.8 Å². The molecule has 2 rings (SSSR count). The highest BCUT2D eigenvalue weighted by atomic mass is 16.5. The van der Waals surface area contributed by atoms with Crippen LogP contribution in [0.5, 0.6) is 5.75 Å². The average molecular weight is 333 g/mol. The third kappa shape index (κ3) is 4.97. The Morgan fingerprint density at radius 1 is 1.46 bits per heavy atom. The molecule has 1 heterocycles. The molecule has 6 heteroatoms. The van der Waals surface area contributed by atoms with Gasteiger partial charge in [-0.2, -0.15) is 0 Å². The molecule has 0 bridgehead atoms. The van der Waals surface area contributed by atoms with Gasteiger partial charge in [-0.15, -0.1) is 6.58 Å². The number of rotatable bonds is 8. The number of benzene rings is 1. The number of nitrogens with zero attached hydrogens (tertiary/aromatic N) is 1. The lowest BCUT2D eigenvalue weighted by molar-refractivity contribution is -0.122. The van der Waals surface area contributed by atoms with Crippen molar-refractivity contribution in [2.75, 3.05) is 38.6 Å². The fraction of sp³-hybridized carbons (Fsp3) is 0.500. The summed E-state index contributed by atoms with van der Waals surface area (Å²) in [7, 11) is 1.63. The summed E-state index contributed by atoms with van der Waals surface area (Å²) in [5, 5.41) is 15.8. The van der Waals surface area contributed by atoms with Crippen LogP contribution in [0.2, 0.25) is 0 Å². The maximum Gasteiger partial charge on any atom is 0.234 e. The van der Waals surface area contributed by atoms with Crippen molar-refractivity contribution in [2.45, 2.75) is 25.5 Å². The van der Waals surface area contributed by atoms with E-state index in [1.807, 2.05) is 18.2 Å². The van der Waals surface area contributed by atoms with E-state index in [4.69, 9.17) is 4.74 Å². The summed E-state index contributed by atoms with van der Waals surface area (Å²) in [6, 6.07) is 5.96. The summed E-state index contributed by atoms with van der Waals surface area (Å²) in [5.74, 6) is 0.779. The zero-order chi connectivity index (χ0) is 17.4. The quantitative estimate of drug-likeness (QED) is 0.627. The van der Waals surface area contributed by atoms with E-state index >= 15 is 0 Å². The summed E-state index contributed by atoms with van der Waals surface area (Å²) in [6.07, 6.45) is 3.56. The minimum Gasteiger partial charge on any atom is -0.495 e. The summed E-state index contributed by atoms with van der Waals surface area (Å²) in [6.45, 7) is 6.23. The van der Waals surface area contributed by atoms with Gasteiger partial charge in [-0.3, -0.25) is 9.69 Å². The van der Waals surface area contributed by atoms with Crippen molar-refractivity contribution in [3.8, 4) is 5.75 Å². The predicted octanol–water partition coefficient (Wildman–Crippen LogP) is 1.37. The van der Waals surface area contributed by atoms with Crippen molar-refractivity contribution in [1.29, 1.82) is 0 Å². The van der Waals surface area contributed by atoms with Crippen LogP contribution in [0.25, 0.3) is 0 Å². The number of carbonyl (C=O) groups excluding carboxylic acids is 1. The molecule has 1 aromatic carbocycles. The number of piperidine rings is 1. The highest BCUT2D eigenvalue weighted by Crippen LogP contribution is 2.30. The van der Waals surface area contributed by atoms with E-state index in [-0.39, 0.29) is 12.5 Å². The highest BCUT2D eigenvalue weighted by molar-refractivity contribution is 5.78. The molecule has 1 amide bonds. The van der Waals surface area contributed by atoms with Gasteiger partial charge in [0.1, 0.15) is 5.75 Å². The van der Waals surface area contributed by atoms with Gasteiger partial charge in [-0.25, -0.2) is 0 Å². The number of hydrogen-bond acceptors (Lipinski definition) is 5. The van der Waals surface area contributed by atoms with Crippen molar-refractivity contribution >= 4 is 11.6 Å². The Morgan fingerprint density at radius 2 is 2.21 bits per heavy atom. The van der Waals surface area contributed by atoms with Gasteiger partial charge in [-0.1, -0.05) is 18.2 Å². The van der Waals surface area contributed by atoms with Crippen LogP contribution in [0.3, 0.4) is 0 Å². The molecule has 1 saturated heterocycles. The molecule has 1 aliphatic rings. The van der Waals surface area contributed by atoms with Crippen LogP contribution in [0, 0.1) is 0 Å². The first-order valence-electron chi connectivity index (χ1n) is 8.31. The number of aliphatic hydroxyl groups is 1. The molecule has 132 valence electrons. The predicted molar refractivity (Wildman–Crippen MR) is 95.2 cm³/mol. The first kappa shape index (κ1) is 18.3. The fourth-order valence-corrected chi connectivity index (χ4v) is 2.93. The molecule has 0 radical (unpaired) electrons. The summed E-state index contributed by atoms with van der Waals surface area (Å²) in [4.78, 5) is 13.9. The van der Waals surface area contributed by atoms with Crippen molar-refractivity contribution in [1.82, 2.24) is 10.2 Å². The van der Waals surface area contributed by atoms with E-state index < -0.39 is 0 Å². The van der Waals surface area contributed by atoms with Crippen LogP contribution < -0.4 is 15.4 Å². The van der Waals surface area contributed by atoms with Gasteiger partial charge in [0.05, 0.1) is 25.9 Å². The van der Waals surface area contributed by atoms with Gasteiger partial charge < -0.3 is 20.5 Å². The molecule has 24 heavy (non-hydrogen) atoms. The minimum atomic E-state index is -0.0259. The lowest BCUT2D eigenvalue weighted by Gasteiger charge is -2.33. The standard InChI is InChI=1S/C18H27N3O3/c1-3-9-19-17(23)12-21-10-7-15(8-11-21)20-18-14(13-22)5-4-6-16(18)24-2/h3-6,15,20,22H,1,7-13H2,2H3,(H,19,23). The van der Waals surface area contributed by atoms with Crippen molar-refractivity contribution < 1.29 is 14.6 Å². The Kier molecular flexibility index (Phi) is 7.08. The second-order valence-corrected chi connectivity index (χ2v) is 5.94. The Morgan fingerprint density at radius 3 is 2.83 bits per heavy atom. The van der Waals surface area contributed by atoms with E-state index in [9.17, 15) is 9.90 Å². The fourth-order valence-electron chi connectivity index (χ4n) is 2.93. The molecule has 0 aromatic heterocycles. The van der Waals surface area contributed by atoms with Crippen molar-refractivity contribution in [3.05, 3.63) is 36.4 Å². The lowest BCUT2D eigenvalue weighted by Crippen LogP contribution is -2.44. The SMILES string of the molecule is C=CCNC(=O)CN1CCC(Nc2c(CO)cccc2OC)CC1. The van der Waals surface area contributed by atoms with Gasteiger partial charge in [0, 0.05) is 31.2 Å². The molecule has 1 aromatic rings. The third-order valence-electron chi connectivity index (χ3n) is 4.25. The van der Waals surface area contributed by atoms with Gasteiger partial charge in [0.25, 0.3) is 0 Å². The molecule has 1 fully saturated rings. The molecule has 0 saturated carbocycles. The van der Waals surface area contributed by atoms with E-state index in [2.05, 4.69) is 22.1 Å². The van der Waals surface area contributed by atoms with Crippen LogP contribution >= 0.6 is 0 Å². The van der Waals surface area contributed by atoms with Crippen molar-refractivity contribution in [3.63, 3.8) is 0 Å². The Labute approximate surface area is 143 Å². The Hall–Kier alpha value is -2.05. The van der Waals surface area contributed by atoms with Crippen LogP contribution in [-0.4, -0.2) is 55.2 Å². The zero-order valence-electron chi connectivity index (χ0n) is 14.3. The summed E-state index contributed by atoms with van der Waals surface area (Å²) >= 11 is 0. The highest BCUT2D eigenvalue weighted by Gasteiger charge is 2.22. The molecular formula is C18H27N3O3. The van der Waals surface area contributed by atoms with E-state index in [0.717, 1.165) is 42.9 Å². The number of hydrogen-bond donors (Lipinski definition) is 3. The second-order valence-electron chi connectivity index (χ2n) is 5.94. The van der Waals surface area contributed by atoms with Gasteiger partial charge in [0.15, 0.2) is 0 Å². The van der Waals surface area contributed by atoms with Gasteiger partial charge in [0.2, 0.25) is 5.91 Å². The van der Waals surface area contributed by atoms with E-state index in [1.165, 1.54) is 0 Å². The molecule has 3 N–H and O–H groups in total. The number of carbonyl (C=O) groups is 1. The van der Waals surface area contributed by atoms with Crippen molar-refractivity contribution in [2.24, 2.45) is 0 Å². The minimum absolute atomic E-state index is 0.0259. The van der Waals surface area contributed by atoms with Crippen LogP contribution in [0.15, 0.2) is 30.9 Å². The monoisotopic (exact) mass is 333 g/mol. The zero-order valence-corrected chi connectivity index (χ0v) is 14.3. The maximum atomic E-state index is 11.7. The van der Waals surface area contributed by atoms with Crippen LogP contribution in [0.4, 0.5) is 5.69 Å². The molecule has 1 aliphatic heterocycles. The molecule has 0 aliphatic carbocycles. The van der Waals surface area contributed by atoms with Gasteiger partial charge in [-0.05, 0) is 18.9 Å². The largest absolute Gasteiger partial charge is 0.495 e. The Bertz CT molecular complexity index is 532. The lowest BCUT2D eigenvalue weighted by atomic mass is 10.0. The first-order chi connectivity index (χ1) is 11.7. The molecule has 0 atom stereocenters. The molecular weight excluding hydrogens is 306 g/mol. The third-order valence-corrected chi connectivity index (χ3v) is 4.25. The van der Waals surface area contributed by atoms with E-state index in [1.54, 1.807) is 13.2 Å². The number of para-hydroxylation sites is 1. The summed E-state index contributed by atoms with van der Waals surface area (Å²) in [5.41, 5.74) is 1.70. The number of aliphatic hydroxyl groups excluding tert-OH is 1. The maximum absolute atomic E-state index is 11.7. The normalized spacial score (nSPS) is 15.8. The summed E-state index contributed by atoms with van der Waals surface area (Å²) < 4.78 is 5.40. The van der Waals surface area contributed by atoms with Crippen LogP contribution in [0.1, 0.15) is 18.4 Å². The first-order valence-corrected chi connectivity index (χ1v) is 8.31. The second kappa shape index (κ2) is 9.30. The Balaban J connectivity index is 1.87. The number of anilines is 1. The molecule has 0 spiro atoms. The van der Waals surface area contributed by atoms with Crippen LogP contribution in [-0.2, 0) is 11.4 Å². The number of likely N-dealkylation sites (tertiary alicyclic amines) is 1. The number of methoxy groups -OCH3 is 1. The van der Waals surface area contributed by atoms with E-state index in [0.29, 0.717) is 19.1 Å². The molecule has 0 unspecified atom stereocenters. The molecule has 6 nitrogen and oxygen atoms in total. The number of ether oxygens (including phenoxy) is 1.